The Morgan fingerprint density at radius 1 is 1.28 bits per heavy atom. The van der Waals surface area contributed by atoms with Crippen molar-refractivity contribution < 1.29 is 0 Å². The van der Waals surface area contributed by atoms with Crippen molar-refractivity contribution >= 4 is 27.2 Å². The van der Waals surface area contributed by atoms with E-state index in [9.17, 15) is 0 Å². The molecular formula is C14H13N3S. The summed E-state index contributed by atoms with van der Waals surface area (Å²) in [6.45, 7) is 1.99. The van der Waals surface area contributed by atoms with Crippen molar-refractivity contribution in [3.05, 3.63) is 52.8 Å². The minimum Gasteiger partial charge on any atom is -0.397 e. The zero-order valence-electron chi connectivity index (χ0n) is 10.1. The summed E-state index contributed by atoms with van der Waals surface area (Å²) in [6, 6.07) is 10.1. The maximum atomic E-state index is 5.98. The van der Waals surface area contributed by atoms with Gasteiger partial charge in [0.15, 0.2) is 0 Å². The van der Waals surface area contributed by atoms with Crippen molar-refractivity contribution in [2.45, 2.75) is 13.3 Å². The van der Waals surface area contributed by atoms with Crippen molar-refractivity contribution in [2.24, 2.45) is 0 Å². The highest BCUT2D eigenvalue weighted by atomic mass is 32.1. The van der Waals surface area contributed by atoms with Crippen LogP contribution in [-0.2, 0) is 6.42 Å². The third kappa shape index (κ3) is 2.07. The van der Waals surface area contributed by atoms with Crippen LogP contribution in [0.2, 0.25) is 0 Å². The Morgan fingerprint density at radius 3 is 2.89 bits per heavy atom. The fraction of sp³-hybridized carbons (Fsp3) is 0.143. The third-order valence-electron chi connectivity index (χ3n) is 2.80. The summed E-state index contributed by atoms with van der Waals surface area (Å²) in [5, 5.41) is 1.05. The smallest absolute Gasteiger partial charge is 0.0999 e. The second-order valence-electron chi connectivity index (χ2n) is 4.30. The summed E-state index contributed by atoms with van der Waals surface area (Å²) in [4.78, 5) is 8.98. The summed E-state index contributed by atoms with van der Waals surface area (Å²) in [7, 11) is 0. The predicted molar refractivity (Wildman–Crippen MR) is 75.8 cm³/mol. The Morgan fingerprint density at radius 2 is 2.11 bits per heavy atom. The summed E-state index contributed by atoms with van der Waals surface area (Å²) >= 11 is 1.70. The highest BCUT2D eigenvalue weighted by Crippen LogP contribution is 2.24. The molecule has 2 heterocycles. The van der Waals surface area contributed by atoms with Crippen molar-refractivity contribution in [1.29, 1.82) is 0 Å². The Balaban J connectivity index is 1.96. The Kier molecular flexibility index (Phi) is 2.72. The maximum absolute atomic E-state index is 5.98. The van der Waals surface area contributed by atoms with Crippen molar-refractivity contribution in [1.82, 2.24) is 9.97 Å². The molecule has 18 heavy (non-hydrogen) atoms. The van der Waals surface area contributed by atoms with Gasteiger partial charge in [0.05, 0.1) is 26.6 Å². The van der Waals surface area contributed by atoms with Gasteiger partial charge >= 0.3 is 0 Å². The number of nitrogens with two attached hydrogens (primary N) is 1. The Labute approximate surface area is 109 Å². The first kappa shape index (κ1) is 11.2. The fourth-order valence-corrected chi connectivity index (χ4v) is 2.88. The summed E-state index contributed by atoms with van der Waals surface area (Å²) in [5.74, 6) is 0. The first-order chi connectivity index (χ1) is 8.72. The number of para-hydroxylation sites is 1. The minimum absolute atomic E-state index is 0.700. The highest BCUT2D eigenvalue weighted by Gasteiger charge is 2.07. The number of fused-ring (bicyclic) bond motifs is 1. The molecule has 90 valence electrons. The molecule has 0 saturated heterocycles. The number of pyridine rings is 1. The topological polar surface area (TPSA) is 51.8 Å². The van der Waals surface area contributed by atoms with Crippen LogP contribution in [0.4, 0.5) is 5.69 Å². The molecule has 1 aromatic carbocycles. The van der Waals surface area contributed by atoms with E-state index < -0.39 is 0 Å². The normalized spacial score (nSPS) is 10.9. The molecule has 0 atom stereocenters. The molecule has 0 saturated carbocycles. The molecule has 3 nitrogen and oxygen atoms in total. The number of nitrogens with zero attached hydrogens (tertiary/aromatic N) is 2. The van der Waals surface area contributed by atoms with Gasteiger partial charge in [0.1, 0.15) is 0 Å². The maximum Gasteiger partial charge on any atom is 0.0999 e. The fourth-order valence-electron chi connectivity index (χ4n) is 1.91. The monoisotopic (exact) mass is 255 g/mol. The lowest BCUT2D eigenvalue weighted by Gasteiger charge is -2.03. The molecule has 0 radical (unpaired) electrons. The van der Waals surface area contributed by atoms with Crippen LogP contribution in [-0.4, -0.2) is 9.97 Å². The Hall–Kier alpha value is -1.94. The molecule has 0 aliphatic rings. The van der Waals surface area contributed by atoms with Crippen LogP contribution in [0, 0.1) is 6.92 Å². The molecule has 0 amide bonds. The number of anilines is 1. The average molecular weight is 255 g/mol. The van der Waals surface area contributed by atoms with Gasteiger partial charge < -0.3 is 5.73 Å². The quantitative estimate of drug-likeness (QED) is 0.765. The molecule has 0 fully saturated rings. The second-order valence-corrected chi connectivity index (χ2v) is 5.42. The number of hydrogen-bond acceptors (Lipinski definition) is 4. The largest absolute Gasteiger partial charge is 0.397 e. The molecule has 0 unspecified atom stereocenters. The third-order valence-corrected chi connectivity index (χ3v) is 3.83. The molecule has 2 aromatic heterocycles. The van der Waals surface area contributed by atoms with E-state index in [-0.39, 0.29) is 0 Å². The van der Waals surface area contributed by atoms with Crippen LogP contribution in [0.1, 0.15) is 16.3 Å². The SMILES string of the molecule is Cc1cnc(Cc2nc3ccccc3s2)c(N)c1. The van der Waals surface area contributed by atoms with Gasteiger partial charge in [-0.2, -0.15) is 0 Å². The number of aryl methyl sites for hydroxylation is 1. The lowest BCUT2D eigenvalue weighted by atomic mass is 10.2. The molecule has 3 aromatic rings. The van der Waals surface area contributed by atoms with Crippen LogP contribution in [0.25, 0.3) is 10.2 Å². The number of aromatic nitrogens is 2. The predicted octanol–water partition coefficient (Wildman–Crippen LogP) is 3.17. The number of thiazole rings is 1. The molecular weight excluding hydrogens is 242 g/mol. The molecule has 2 N–H and O–H groups in total. The first-order valence-electron chi connectivity index (χ1n) is 5.78. The minimum atomic E-state index is 0.700. The van der Waals surface area contributed by atoms with Crippen LogP contribution in [0.3, 0.4) is 0 Å². The summed E-state index contributed by atoms with van der Waals surface area (Å²) in [6.07, 6.45) is 2.55. The van der Waals surface area contributed by atoms with Crippen LogP contribution in [0.15, 0.2) is 36.5 Å². The van der Waals surface area contributed by atoms with Gasteiger partial charge in [-0.1, -0.05) is 12.1 Å². The number of benzene rings is 1. The van der Waals surface area contributed by atoms with Crippen LogP contribution in [0.5, 0.6) is 0 Å². The van der Waals surface area contributed by atoms with Gasteiger partial charge in [0, 0.05) is 12.6 Å². The van der Waals surface area contributed by atoms with E-state index in [4.69, 9.17) is 5.73 Å². The van der Waals surface area contributed by atoms with E-state index in [0.717, 1.165) is 27.5 Å². The zero-order chi connectivity index (χ0) is 12.5. The number of hydrogen-bond donors (Lipinski definition) is 1. The first-order valence-corrected chi connectivity index (χ1v) is 6.59. The van der Waals surface area contributed by atoms with E-state index in [2.05, 4.69) is 16.0 Å². The Bertz CT molecular complexity index is 670. The van der Waals surface area contributed by atoms with Crippen LogP contribution < -0.4 is 5.73 Å². The summed E-state index contributed by atoms with van der Waals surface area (Å²) in [5.41, 5.74) is 9.75. The van der Waals surface area contributed by atoms with E-state index in [0.29, 0.717) is 6.42 Å². The standard InChI is InChI=1S/C14H13N3S/c1-9-6-10(15)12(16-8-9)7-14-17-11-4-2-3-5-13(11)18-14/h2-6,8H,7,15H2,1H3. The van der Waals surface area contributed by atoms with Gasteiger partial charge in [0.25, 0.3) is 0 Å². The van der Waals surface area contributed by atoms with Crippen molar-refractivity contribution in [2.75, 3.05) is 5.73 Å². The molecule has 4 heteroatoms. The molecule has 0 bridgehead atoms. The summed E-state index contributed by atoms with van der Waals surface area (Å²) < 4.78 is 1.21. The van der Waals surface area contributed by atoms with E-state index >= 15 is 0 Å². The van der Waals surface area contributed by atoms with Crippen LogP contribution >= 0.6 is 11.3 Å². The van der Waals surface area contributed by atoms with Gasteiger partial charge in [-0.3, -0.25) is 4.98 Å². The van der Waals surface area contributed by atoms with E-state index in [1.807, 2.05) is 37.4 Å². The van der Waals surface area contributed by atoms with E-state index in [1.54, 1.807) is 11.3 Å². The van der Waals surface area contributed by atoms with E-state index in [1.165, 1.54) is 4.70 Å². The lowest BCUT2D eigenvalue weighted by Crippen LogP contribution is -1.99. The zero-order valence-corrected chi connectivity index (χ0v) is 10.9. The molecule has 0 aliphatic heterocycles. The van der Waals surface area contributed by atoms with Crippen molar-refractivity contribution in [3.63, 3.8) is 0 Å². The van der Waals surface area contributed by atoms with Gasteiger partial charge in [-0.25, -0.2) is 4.98 Å². The average Bonchev–Trinajstić information content (AvgIpc) is 2.75. The molecule has 0 aliphatic carbocycles. The lowest BCUT2D eigenvalue weighted by molar-refractivity contribution is 1.05. The van der Waals surface area contributed by atoms with Gasteiger partial charge in [-0.15, -0.1) is 11.3 Å². The van der Waals surface area contributed by atoms with Gasteiger partial charge in [0.2, 0.25) is 0 Å². The number of nitrogen functional groups attached to an aromatic ring is 1. The molecule has 0 spiro atoms. The van der Waals surface area contributed by atoms with Crippen molar-refractivity contribution in [3.8, 4) is 0 Å². The molecule has 3 rings (SSSR count). The number of rotatable bonds is 2. The highest BCUT2D eigenvalue weighted by molar-refractivity contribution is 7.18. The van der Waals surface area contributed by atoms with Gasteiger partial charge in [-0.05, 0) is 30.7 Å². The second kappa shape index (κ2) is 4.38.